The third kappa shape index (κ3) is 4.42. The predicted molar refractivity (Wildman–Crippen MR) is 109 cm³/mol. The van der Waals surface area contributed by atoms with Gasteiger partial charge in [-0.2, -0.15) is 83.4 Å². The quantitative estimate of drug-likeness (QED) is 0.175. The van der Waals surface area contributed by atoms with Crippen LogP contribution in [0.25, 0.3) is 0 Å². The Morgan fingerprint density at radius 1 is 0.310 bits per heavy atom. The summed E-state index contributed by atoms with van der Waals surface area (Å²) in [5.41, 5.74) is -2.28. The summed E-state index contributed by atoms with van der Waals surface area (Å²) in [5.74, 6) is -67.2. The highest BCUT2D eigenvalue weighted by molar-refractivity contribution is 7.19. The van der Waals surface area contributed by atoms with Gasteiger partial charge in [-0.05, 0) is 11.1 Å². The lowest BCUT2D eigenvalue weighted by atomic mass is 9.78. The average Bonchev–Trinajstić information content (AvgIpc) is 2.87. The maximum absolute atomic E-state index is 15.5. The molecule has 238 valence electrons. The van der Waals surface area contributed by atoms with Crippen LogP contribution in [0.3, 0.4) is 0 Å². The number of hydrogen-bond donors (Lipinski definition) is 0. The zero-order valence-electron chi connectivity index (χ0n) is 19.5. The van der Waals surface area contributed by atoms with Gasteiger partial charge in [0.05, 0.1) is 0 Å². The van der Waals surface area contributed by atoms with Crippen molar-refractivity contribution in [3.8, 4) is 0 Å². The van der Waals surface area contributed by atoms with E-state index < -0.39 is 69.8 Å². The Hall–Kier alpha value is -2.46. The van der Waals surface area contributed by atoms with Gasteiger partial charge in [-0.1, -0.05) is 60.7 Å². The highest BCUT2D eigenvalue weighted by atomic mass is 31.0. The first-order valence-electron chi connectivity index (χ1n) is 10.5. The number of halogens is 19. The van der Waals surface area contributed by atoms with E-state index in [1.54, 1.807) is 0 Å². The van der Waals surface area contributed by atoms with Gasteiger partial charge in [0.15, 0.2) is 0 Å². The molecule has 0 fully saturated rings. The molecule has 0 bridgehead atoms. The molecule has 0 amide bonds. The monoisotopic (exact) mass is 668 g/mol. The van der Waals surface area contributed by atoms with Gasteiger partial charge in [0.2, 0.25) is 0 Å². The van der Waals surface area contributed by atoms with Crippen LogP contribution < -0.4 is 0 Å². The van der Waals surface area contributed by atoms with Crippen LogP contribution >= 0.6 is 9.24 Å². The Morgan fingerprint density at radius 2 is 0.524 bits per heavy atom. The van der Waals surface area contributed by atoms with Crippen LogP contribution in [0.5, 0.6) is 0 Å². The summed E-state index contributed by atoms with van der Waals surface area (Å²) < 4.78 is 263. The lowest BCUT2D eigenvalue weighted by Gasteiger charge is -2.47. The lowest BCUT2D eigenvalue weighted by molar-refractivity contribution is -0.469. The van der Waals surface area contributed by atoms with E-state index in [0.717, 1.165) is 45.6 Å². The van der Waals surface area contributed by atoms with Crippen molar-refractivity contribution in [1.82, 2.24) is 0 Å². The maximum Gasteiger partial charge on any atom is 0.460 e. The van der Waals surface area contributed by atoms with Gasteiger partial charge in [-0.15, -0.1) is 9.24 Å². The van der Waals surface area contributed by atoms with Gasteiger partial charge in [0.1, 0.15) is 5.16 Å². The fourth-order valence-electron chi connectivity index (χ4n) is 3.54. The minimum absolute atomic E-state index is 0.517. The van der Waals surface area contributed by atoms with Crippen LogP contribution in [0.1, 0.15) is 11.1 Å². The molecule has 0 heterocycles. The number of rotatable bonds is 10. The van der Waals surface area contributed by atoms with Crippen molar-refractivity contribution in [2.75, 3.05) is 0 Å². The summed E-state index contributed by atoms with van der Waals surface area (Å²) in [5, 5.41) is -4.02. The van der Waals surface area contributed by atoms with E-state index in [0.29, 0.717) is 24.3 Å². The van der Waals surface area contributed by atoms with E-state index >= 15 is 8.78 Å². The van der Waals surface area contributed by atoms with E-state index in [4.69, 9.17) is 0 Å². The van der Waals surface area contributed by atoms with E-state index in [9.17, 15) is 74.6 Å². The molecule has 0 radical (unpaired) electrons. The zero-order valence-corrected chi connectivity index (χ0v) is 20.7. The van der Waals surface area contributed by atoms with Crippen molar-refractivity contribution in [3.05, 3.63) is 71.8 Å². The third-order valence-corrected chi connectivity index (χ3v) is 7.10. The van der Waals surface area contributed by atoms with Gasteiger partial charge < -0.3 is 0 Å². The first-order chi connectivity index (χ1) is 18.5. The smallest absolute Gasteiger partial charge is 0.198 e. The van der Waals surface area contributed by atoms with Crippen molar-refractivity contribution in [2.24, 2.45) is 0 Å². The summed E-state index contributed by atoms with van der Waals surface area (Å²) in [6.07, 6.45) is -7.92. The fraction of sp³-hybridized carbons (Fsp3) is 0.455. The van der Waals surface area contributed by atoms with E-state index in [-0.39, 0.29) is 0 Å². The molecular formula is C22H12F19P. The normalized spacial score (nSPS) is 15.6. The standard InChI is InChI=1S/C22H12F19P/c23-14(24,13(42,11-7-3-1-4-8-11)12-9-5-2-6-10-12)15(25,26)16(27,28)17(29,30)18(31,32)19(33,34)20(35,36)21(37,38)22(39,40)41/h1-10H,42H2. The minimum Gasteiger partial charge on any atom is -0.198 e. The van der Waals surface area contributed by atoms with Crippen LogP contribution in [-0.4, -0.2) is 53.6 Å². The third-order valence-electron chi connectivity index (χ3n) is 6.07. The summed E-state index contributed by atoms with van der Waals surface area (Å²) in [6, 6.07) is 7.41. The van der Waals surface area contributed by atoms with Crippen LogP contribution in [0.4, 0.5) is 83.4 Å². The number of hydrogen-bond acceptors (Lipinski definition) is 0. The van der Waals surface area contributed by atoms with Crippen LogP contribution in [0, 0.1) is 0 Å². The molecule has 0 spiro atoms. The Kier molecular flexibility index (Phi) is 8.54. The summed E-state index contributed by atoms with van der Waals surface area (Å²) in [7, 11) is 0.891. The molecule has 0 aliphatic carbocycles. The second-order valence-electron chi connectivity index (χ2n) is 8.63. The molecular weight excluding hydrogens is 656 g/mol. The first kappa shape index (κ1) is 35.7. The number of alkyl halides is 19. The SMILES string of the molecule is FC(F)(F)C(F)(F)C(F)(F)C(F)(F)C(F)(F)C(F)(F)C(F)(F)C(F)(F)C(F)(F)C(P)(c1ccccc1)c1ccccc1. The highest BCUT2D eigenvalue weighted by Crippen LogP contribution is 2.68. The molecule has 0 aliphatic rings. The maximum atomic E-state index is 15.5. The molecule has 2 aromatic carbocycles. The van der Waals surface area contributed by atoms with Crippen LogP contribution in [-0.2, 0) is 5.16 Å². The molecule has 0 nitrogen and oxygen atoms in total. The van der Waals surface area contributed by atoms with Crippen molar-refractivity contribution in [2.45, 2.75) is 58.7 Å². The van der Waals surface area contributed by atoms with Gasteiger partial charge in [0, 0.05) is 0 Å². The summed E-state index contributed by atoms with van der Waals surface area (Å²) >= 11 is 0. The van der Waals surface area contributed by atoms with Crippen molar-refractivity contribution >= 4 is 9.24 Å². The minimum atomic E-state index is -8.97. The predicted octanol–water partition coefficient (Wildman–Crippen LogP) is 9.45. The van der Waals surface area contributed by atoms with Gasteiger partial charge in [-0.25, -0.2) is 0 Å². The molecule has 2 aromatic rings. The van der Waals surface area contributed by atoms with Gasteiger partial charge >= 0.3 is 53.6 Å². The molecule has 0 saturated carbocycles. The van der Waals surface area contributed by atoms with Crippen molar-refractivity contribution < 1.29 is 83.4 Å². The molecule has 20 heteroatoms. The molecule has 1 unspecified atom stereocenters. The average molecular weight is 668 g/mol. The van der Waals surface area contributed by atoms with Crippen LogP contribution in [0.2, 0.25) is 0 Å². The topological polar surface area (TPSA) is 0 Å². The second-order valence-corrected chi connectivity index (χ2v) is 9.50. The molecule has 0 N–H and O–H groups in total. The lowest BCUT2D eigenvalue weighted by Crippen LogP contribution is -2.76. The van der Waals surface area contributed by atoms with Crippen LogP contribution in [0.15, 0.2) is 60.7 Å². The Bertz CT molecular complexity index is 1200. The highest BCUT2D eigenvalue weighted by Gasteiger charge is 2.97. The molecule has 1 atom stereocenters. The molecule has 42 heavy (non-hydrogen) atoms. The largest absolute Gasteiger partial charge is 0.460 e. The molecule has 0 aromatic heterocycles. The Morgan fingerprint density at radius 3 is 0.762 bits per heavy atom. The summed E-state index contributed by atoms with van der Waals surface area (Å²) in [4.78, 5) is 0. The van der Waals surface area contributed by atoms with E-state index in [2.05, 4.69) is 0 Å². The molecule has 0 aliphatic heterocycles. The second kappa shape index (κ2) is 10.0. The van der Waals surface area contributed by atoms with Crippen molar-refractivity contribution in [1.29, 1.82) is 0 Å². The van der Waals surface area contributed by atoms with Gasteiger partial charge in [-0.3, -0.25) is 0 Å². The fourth-order valence-corrected chi connectivity index (χ4v) is 4.11. The van der Waals surface area contributed by atoms with Gasteiger partial charge in [0.25, 0.3) is 0 Å². The first-order valence-corrected chi connectivity index (χ1v) is 11.0. The number of benzene rings is 2. The Balaban J connectivity index is 2.85. The summed E-state index contributed by atoms with van der Waals surface area (Å²) in [6.45, 7) is 0. The van der Waals surface area contributed by atoms with Crippen molar-refractivity contribution in [3.63, 3.8) is 0 Å². The molecule has 0 saturated heterocycles. The van der Waals surface area contributed by atoms with E-state index in [1.807, 2.05) is 0 Å². The molecule has 2 rings (SSSR count). The van der Waals surface area contributed by atoms with E-state index in [1.165, 1.54) is 0 Å². The zero-order chi connectivity index (χ0) is 33.2. The Labute approximate surface area is 224 Å².